The molecule has 95 valence electrons. The molecule has 0 spiro atoms. The number of anilines is 1. The summed E-state index contributed by atoms with van der Waals surface area (Å²) < 4.78 is 0. The van der Waals surface area contributed by atoms with E-state index in [0.29, 0.717) is 5.56 Å². The van der Waals surface area contributed by atoms with Crippen LogP contribution in [0.25, 0.3) is 0 Å². The van der Waals surface area contributed by atoms with Gasteiger partial charge >= 0.3 is 0 Å². The molecule has 1 aromatic heterocycles. The maximum Gasteiger partial charge on any atom is 0.142 e. The molecule has 1 rings (SSSR count). The van der Waals surface area contributed by atoms with Gasteiger partial charge < -0.3 is 21.0 Å². The topological polar surface area (TPSA) is 112 Å². The van der Waals surface area contributed by atoms with Crippen molar-refractivity contribution in [3.8, 4) is 17.2 Å². The number of nitrogens with two attached hydrogens (primary N) is 1. The molecule has 0 bridgehead atoms. The van der Waals surface area contributed by atoms with E-state index in [0.717, 1.165) is 5.34 Å². The Morgan fingerprint density at radius 1 is 1.50 bits per heavy atom. The number of aromatic nitrogens is 1. The van der Waals surface area contributed by atoms with Crippen LogP contribution in [0.15, 0.2) is 17.6 Å². The minimum Gasteiger partial charge on any atom is -0.506 e. The number of nitrogen functional groups attached to an aromatic ring is 1. The second-order valence-electron chi connectivity index (χ2n) is 4.16. The van der Waals surface area contributed by atoms with Crippen LogP contribution >= 0.6 is 0 Å². The van der Waals surface area contributed by atoms with Crippen LogP contribution < -0.4 is 5.73 Å². The number of nitrogens with zero attached hydrogens (tertiary/aromatic N) is 2. The predicted molar refractivity (Wildman–Crippen MR) is 69.7 cm³/mol. The zero-order valence-corrected chi connectivity index (χ0v) is 14.3. The van der Waals surface area contributed by atoms with Gasteiger partial charge in [-0.2, -0.15) is 0 Å². The molecule has 0 saturated heterocycles. The maximum absolute atomic E-state index is 9.48. The molecule has 18 heavy (non-hydrogen) atoms. The molecule has 0 aromatic carbocycles. The zero-order valence-electron chi connectivity index (χ0n) is 10.5. The van der Waals surface area contributed by atoms with Crippen LogP contribution in [0.1, 0.15) is 5.56 Å². The fourth-order valence-electron chi connectivity index (χ4n) is 0.845. The zero-order chi connectivity index (χ0) is 13.5. The number of pyridine rings is 1. The molecule has 0 unspecified atom stereocenters. The number of hydrogen-bond donors (Lipinski definition) is 2. The fraction of sp³-hybridized carbons (Fsp3) is 0.300. The molecule has 0 aliphatic carbocycles. The molecule has 3 N–H and O–H groups in total. The maximum atomic E-state index is 9.48. The van der Waals surface area contributed by atoms with E-state index in [-0.39, 0.29) is 44.3 Å². The number of rotatable bonds is 0. The van der Waals surface area contributed by atoms with E-state index in [9.17, 15) is 5.11 Å². The summed E-state index contributed by atoms with van der Waals surface area (Å²) in [6.45, 7) is 6.39. The van der Waals surface area contributed by atoms with Crippen molar-refractivity contribution in [3.63, 3.8) is 0 Å². The molecule has 0 saturated carbocycles. The van der Waals surface area contributed by atoms with Gasteiger partial charge in [-0.15, -0.1) is 10.9 Å². The molecule has 0 fully saturated rings. The third kappa shape index (κ3) is 8.17. The summed E-state index contributed by atoms with van der Waals surface area (Å²) >= 11 is 0. The van der Waals surface area contributed by atoms with Crippen LogP contribution in [0.4, 0.5) is 5.82 Å². The molecule has 8 heteroatoms. The predicted octanol–water partition coefficient (Wildman–Crippen LogP) is 1.85. The smallest absolute Gasteiger partial charge is 0.142 e. The average molecular weight is 341 g/mol. The second kappa shape index (κ2) is 9.03. The molecule has 0 aliphatic rings. The molecule has 0 atom stereocenters. The molecular weight excluding hydrogens is 327 g/mol. The van der Waals surface area contributed by atoms with Gasteiger partial charge in [0.1, 0.15) is 25.2 Å². The van der Waals surface area contributed by atoms with E-state index in [2.05, 4.69) is 36.1 Å². The Balaban J connectivity index is 0. The van der Waals surface area contributed by atoms with Gasteiger partial charge in [0, 0.05) is 38.9 Å². The quantitative estimate of drug-likeness (QED) is 0.324. The van der Waals surface area contributed by atoms with Crippen molar-refractivity contribution in [2.45, 2.75) is 19.6 Å². The summed E-state index contributed by atoms with van der Waals surface area (Å²) in [4.78, 5) is 11.9. The van der Waals surface area contributed by atoms with Gasteiger partial charge in [-0.25, -0.2) is 4.98 Å². The Morgan fingerprint density at radius 2 is 2.00 bits per heavy atom. The van der Waals surface area contributed by atoms with E-state index < -0.39 is 8.07 Å². The van der Waals surface area contributed by atoms with Crippen LogP contribution in [-0.2, 0) is 32.7 Å². The van der Waals surface area contributed by atoms with Gasteiger partial charge in [-0.3, -0.25) is 0 Å². The van der Waals surface area contributed by atoms with Gasteiger partial charge in [0.15, 0.2) is 0 Å². The average Bonchev–Trinajstić information content (AvgIpc) is 2.16. The van der Waals surface area contributed by atoms with E-state index in [1.807, 2.05) is 0 Å². The Kier molecular flexibility index (Phi) is 9.71. The standard InChI is InChI=1S/C10H14N2OSi.HNO2.Y/c1-14(2,3)7-5-8-9(13)4-6-12-10(8)11;2-1-3;/h4,6H,1-3H3,(H3,11,12,13);(H,2,3);/p-1. The van der Waals surface area contributed by atoms with Gasteiger partial charge in [0.2, 0.25) is 0 Å². The van der Waals surface area contributed by atoms with E-state index in [1.165, 1.54) is 12.3 Å². The molecule has 0 amide bonds. The van der Waals surface area contributed by atoms with Crippen molar-refractivity contribution >= 4 is 13.9 Å². The Bertz CT molecular complexity index is 432. The van der Waals surface area contributed by atoms with Crippen molar-refractivity contribution in [3.05, 3.63) is 27.9 Å². The first kappa shape index (κ1) is 19.4. The first-order valence-electron chi connectivity index (χ1n) is 4.73. The first-order valence-corrected chi connectivity index (χ1v) is 8.23. The molecule has 1 aromatic rings. The number of aromatic hydroxyl groups is 1. The van der Waals surface area contributed by atoms with E-state index >= 15 is 0 Å². The molecule has 0 aliphatic heterocycles. The summed E-state index contributed by atoms with van der Waals surface area (Å²) in [6, 6.07) is 1.49. The SMILES string of the molecule is C[Si](C)(C)C#Cc1c(O)ccnc1N.O=N[O-].[Y]. The molecule has 6 nitrogen and oxygen atoms in total. The minimum absolute atomic E-state index is 0. The van der Waals surface area contributed by atoms with Gasteiger partial charge in [-0.1, -0.05) is 25.6 Å². The first-order chi connectivity index (χ1) is 7.81. The van der Waals surface area contributed by atoms with Crippen molar-refractivity contribution in [1.29, 1.82) is 0 Å². The van der Waals surface area contributed by atoms with Crippen LogP contribution in [0, 0.1) is 21.6 Å². The van der Waals surface area contributed by atoms with Crippen LogP contribution in [0.5, 0.6) is 5.75 Å². The van der Waals surface area contributed by atoms with Gasteiger partial charge in [0.05, 0.1) is 0 Å². The largest absolute Gasteiger partial charge is 0.506 e. The van der Waals surface area contributed by atoms with Crippen molar-refractivity contribution in [2.24, 2.45) is 5.34 Å². The summed E-state index contributed by atoms with van der Waals surface area (Å²) in [5.74, 6) is 3.28. The normalized spacial score (nSPS) is 8.83. The summed E-state index contributed by atoms with van der Waals surface area (Å²) in [5, 5.41) is 18.5. The Labute approximate surface area is 132 Å². The van der Waals surface area contributed by atoms with Gasteiger partial charge in [-0.05, 0) is 6.07 Å². The third-order valence-corrected chi connectivity index (χ3v) is 2.40. The van der Waals surface area contributed by atoms with Crippen LogP contribution in [0.2, 0.25) is 19.6 Å². The minimum atomic E-state index is -1.44. The summed E-state index contributed by atoms with van der Waals surface area (Å²) in [5.41, 5.74) is 9.16. The van der Waals surface area contributed by atoms with Crippen molar-refractivity contribution in [2.75, 3.05) is 5.73 Å². The Morgan fingerprint density at radius 3 is 2.39 bits per heavy atom. The summed E-state index contributed by atoms with van der Waals surface area (Å²) in [6.07, 6.45) is 1.46. The molecule has 1 radical (unpaired) electrons. The van der Waals surface area contributed by atoms with Crippen LogP contribution in [-0.4, -0.2) is 18.2 Å². The summed E-state index contributed by atoms with van der Waals surface area (Å²) in [7, 11) is -1.44. The third-order valence-electron chi connectivity index (χ3n) is 1.52. The second-order valence-corrected chi connectivity index (χ2v) is 8.91. The van der Waals surface area contributed by atoms with E-state index in [1.54, 1.807) is 0 Å². The molecular formula is C10H14N3O3SiY-. The van der Waals surface area contributed by atoms with Crippen molar-refractivity contribution in [1.82, 2.24) is 4.98 Å². The van der Waals surface area contributed by atoms with Gasteiger partial charge in [0.25, 0.3) is 0 Å². The van der Waals surface area contributed by atoms with Crippen LogP contribution in [0.3, 0.4) is 0 Å². The van der Waals surface area contributed by atoms with Crippen molar-refractivity contribution < 1.29 is 37.8 Å². The Hall–Kier alpha value is -0.969. The fourth-order valence-corrected chi connectivity index (χ4v) is 1.35. The monoisotopic (exact) mass is 341 g/mol. The van der Waals surface area contributed by atoms with E-state index in [4.69, 9.17) is 15.8 Å². The number of hydrogen-bond acceptors (Lipinski definition) is 6. The molecule has 1 heterocycles.